The van der Waals surface area contributed by atoms with Crippen molar-refractivity contribution in [3.63, 3.8) is 0 Å². The van der Waals surface area contributed by atoms with Crippen LogP contribution in [0.4, 0.5) is 0 Å². The summed E-state index contributed by atoms with van der Waals surface area (Å²) in [5, 5.41) is 0. The zero-order valence-corrected chi connectivity index (χ0v) is 18.8. The van der Waals surface area contributed by atoms with Gasteiger partial charge in [-0.2, -0.15) is 0 Å². The molecule has 0 unspecified atom stereocenters. The second-order valence-corrected chi connectivity index (χ2v) is 5.98. The predicted octanol–water partition coefficient (Wildman–Crippen LogP) is 1.33. The molecule has 0 saturated heterocycles. The third-order valence-electron chi connectivity index (χ3n) is 3.59. The van der Waals surface area contributed by atoms with Crippen LogP contribution in [-0.4, -0.2) is 84.6 Å². The maximum atomic E-state index is 11.7. The number of carbonyl (C=O) groups excluding carboxylic acids is 2. The molecule has 0 bridgehead atoms. The molecule has 0 spiro atoms. The minimum Gasteiger partial charge on any atom is -0.502 e. The normalized spacial score (nSPS) is 12.7. The summed E-state index contributed by atoms with van der Waals surface area (Å²) in [5.41, 5.74) is 5.76. The quantitative estimate of drug-likeness (QED) is 0.126. The van der Waals surface area contributed by atoms with Crippen LogP contribution in [0.1, 0.15) is 26.7 Å². The lowest BCUT2D eigenvalue weighted by molar-refractivity contribution is -0.142. The SMILES string of the molecule is CCO/C=C\C[C@@H](/C=C(\N)C(=O)OCC)OCCOCCOCCOCCC(=O)OC. The lowest BCUT2D eigenvalue weighted by atomic mass is 10.2. The van der Waals surface area contributed by atoms with Crippen LogP contribution in [0.2, 0.25) is 0 Å². The van der Waals surface area contributed by atoms with E-state index in [9.17, 15) is 9.59 Å². The second kappa shape index (κ2) is 21.1. The van der Waals surface area contributed by atoms with E-state index >= 15 is 0 Å². The third kappa shape index (κ3) is 18.4. The standard InChI is InChI=1S/C21H37NO9/c1-4-26-9-6-7-18(17-19(22)21(24)30-5-2)31-16-15-29-14-13-28-12-11-27-10-8-20(23)25-3/h6,9,17-18H,4-5,7-8,10-16,22H2,1-3H3/b9-6-,19-17-/t18-/m0/s1. The van der Waals surface area contributed by atoms with E-state index in [-0.39, 0.29) is 24.7 Å². The van der Waals surface area contributed by atoms with E-state index in [1.54, 1.807) is 19.3 Å². The first-order chi connectivity index (χ1) is 15.0. The molecule has 2 N–H and O–H groups in total. The number of rotatable bonds is 20. The number of hydrogen-bond acceptors (Lipinski definition) is 10. The van der Waals surface area contributed by atoms with Gasteiger partial charge in [-0.1, -0.05) is 0 Å². The number of ether oxygens (including phenoxy) is 7. The smallest absolute Gasteiger partial charge is 0.353 e. The Morgan fingerprint density at radius 1 is 0.903 bits per heavy atom. The maximum Gasteiger partial charge on any atom is 0.353 e. The van der Waals surface area contributed by atoms with Crippen molar-refractivity contribution < 1.29 is 42.7 Å². The number of carbonyl (C=O) groups is 2. The molecular weight excluding hydrogens is 410 g/mol. The van der Waals surface area contributed by atoms with Gasteiger partial charge in [0.2, 0.25) is 0 Å². The molecule has 10 heteroatoms. The largest absolute Gasteiger partial charge is 0.502 e. The Morgan fingerprint density at radius 3 is 2.10 bits per heavy atom. The van der Waals surface area contributed by atoms with Gasteiger partial charge in [0.1, 0.15) is 5.70 Å². The summed E-state index contributed by atoms with van der Waals surface area (Å²) >= 11 is 0. The summed E-state index contributed by atoms with van der Waals surface area (Å²) < 4.78 is 36.3. The number of nitrogens with two attached hydrogens (primary N) is 1. The van der Waals surface area contributed by atoms with Crippen LogP contribution in [0, 0.1) is 0 Å². The fraction of sp³-hybridized carbons (Fsp3) is 0.714. The summed E-state index contributed by atoms with van der Waals surface area (Å²) in [6, 6.07) is 0. The molecule has 0 rings (SSSR count). The summed E-state index contributed by atoms with van der Waals surface area (Å²) in [4.78, 5) is 22.6. The Kier molecular flexibility index (Phi) is 19.6. The molecule has 0 aliphatic heterocycles. The van der Waals surface area contributed by atoms with E-state index in [4.69, 9.17) is 34.2 Å². The van der Waals surface area contributed by atoms with Gasteiger partial charge in [-0.25, -0.2) is 4.79 Å². The van der Waals surface area contributed by atoms with Gasteiger partial charge in [-0.3, -0.25) is 4.79 Å². The average Bonchev–Trinajstić information content (AvgIpc) is 2.76. The Labute approximate surface area is 184 Å². The van der Waals surface area contributed by atoms with Gasteiger partial charge >= 0.3 is 11.9 Å². The highest BCUT2D eigenvalue weighted by Gasteiger charge is 2.11. The highest BCUT2D eigenvalue weighted by Crippen LogP contribution is 2.05. The van der Waals surface area contributed by atoms with Crippen LogP contribution in [-0.2, 0) is 42.7 Å². The number of methoxy groups -OCH3 is 1. The van der Waals surface area contributed by atoms with E-state index in [0.717, 1.165) is 0 Å². The van der Waals surface area contributed by atoms with E-state index in [0.29, 0.717) is 59.3 Å². The van der Waals surface area contributed by atoms with Crippen molar-refractivity contribution in [3.8, 4) is 0 Å². The van der Waals surface area contributed by atoms with E-state index in [1.165, 1.54) is 13.2 Å². The molecule has 180 valence electrons. The molecule has 0 amide bonds. The predicted molar refractivity (Wildman–Crippen MR) is 113 cm³/mol. The first-order valence-electron chi connectivity index (χ1n) is 10.4. The van der Waals surface area contributed by atoms with Gasteiger partial charge in [-0.05, 0) is 32.4 Å². The van der Waals surface area contributed by atoms with Crippen molar-refractivity contribution >= 4 is 11.9 Å². The van der Waals surface area contributed by atoms with Crippen molar-refractivity contribution in [2.24, 2.45) is 5.73 Å². The second-order valence-electron chi connectivity index (χ2n) is 5.98. The van der Waals surface area contributed by atoms with Gasteiger partial charge in [0.05, 0.1) is 85.4 Å². The molecule has 0 aromatic rings. The summed E-state index contributed by atoms with van der Waals surface area (Å²) in [7, 11) is 1.34. The molecule has 0 heterocycles. The van der Waals surface area contributed by atoms with Crippen molar-refractivity contribution in [2.45, 2.75) is 32.8 Å². The van der Waals surface area contributed by atoms with E-state index < -0.39 is 12.1 Å². The lowest BCUT2D eigenvalue weighted by Crippen LogP contribution is -2.21. The Balaban J connectivity index is 3.96. The zero-order valence-electron chi connectivity index (χ0n) is 18.8. The van der Waals surface area contributed by atoms with Crippen LogP contribution in [0.3, 0.4) is 0 Å². The summed E-state index contributed by atoms with van der Waals surface area (Å²) in [5.74, 6) is -0.879. The molecule has 0 saturated carbocycles. The Hall–Kier alpha value is -2.14. The third-order valence-corrected chi connectivity index (χ3v) is 3.59. The molecule has 0 aliphatic rings. The molecule has 0 fully saturated rings. The minimum atomic E-state index is -0.576. The van der Waals surface area contributed by atoms with Crippen LogP contribution in [0.15, 0.2) is 24.1 Å². The molecule has 0 aromatic carbocycles. The molecular formula is C21H37NO9. The Bertz CT molecular complexity index is 523. The zero-order chi connectivity index (χ0) is 23.2. The summed E-state index contributed by atoms with van der Waals surface area (Å²) in [6.45, 7) is 7.01. The van der Waals surface area contributed by atoms with Gasteiger partial charge in [0.25, 0.3) is 0 Å². The fourth-order valence-electron chi connectivity index (χ4n) is 2.08. The van der Waals surface area contributed by atoms with Crippen LogP contribution in [0.5, 0.6) is 0 Å². The van der Waals surface area contributed by atoms with E-state index in [1.807, 2.05) is 6.92 Å². The highest BCUT2D eigenvalue weighted by atomic mass is 16.6. The molecule has 0 aromatic heterocycles. The molecule has 0 aliphatic carbocycles. The Morgan fingerprint density at radius 2 is 1.52 bits per heavy atom. The van der Waals surface area contributed by atoms with Crippen molar-refractivity contribution in [1.82, 2.24) is 0 Å². The lowest BCUT2D eigenvalue weighted by Gasteiger charge is -2.14. The van der Waals surface area contributed by atoms with Gasteiger partial charge in [-0.15, -0.1) is 0 Å². The summed E-state index contributed by atoms with van der Waals surface area (Å²) in [6.07, 6.45) is 5.20. The van der Waals surface area contributed by atoms with Crippen LogP contribution in [0.25, 0.3) is 0 Å². The van der Waals surface area contributed by atoms with Crippen LogP contribution >= 0.6 is 0 Å². The first kappa shape index (κ1) is 28.9. The molecule has 31 heavy (non-hydrogen) atoms. The van der Waals surface area contributed by atoms with E-state index in [2.05, 4.69) is 4.74 Å². The first-order valence-corrected chi connectivity index (χ1v) is 10.4. The van der Waals surface area contributed by atoms with Gasteiger partial charge < -0.3 is 38.9 Å². The minimum absolute atomic E-state index is 0.000201. The van der Waals surface area contributed by atoms with Gasteiger partial charge in [0.15, 0.2) is 0 Å². The van der Waals surface area contributed by atoms with Crippen LogP contribution < -0.4 is 5.73 Å². The van der Waals surface area contributed by atoms with Crippen molar-refractivity contribution in [1.29, 1.82) is 0 Å². The fourth-order valence-corrected chi connectivity index (χ4v) is 2.08. The monoisotopic (exact) mass is 447 g/mol. The molecule has 1 atom stereocenters. The average molecular weight is 448 g/mol. The van der Waals surface area contributed by atoms with Crippen molar-refractivity contribution in [2.75, 3.05) is 66.6 Å². The number of esters is 2. The topological polar surface area (TPSA) is 125 Å². The van der Waals surface area contributed by atoms with Crippen molar-refractivity contribution in [3.05, 3.63) is 24.1 Å². The maximum absolute atomic E-state index is 11.7. The molecule has 0 radical (unpaired) electrons. The van der Waals surface area contributed by atoms with Gasteiger partial charge in [0, 0.05) is 0 Å². The number of hydrogen-bond donors (Lipinski definition) is 1. The molecule has 10 nitrogen and oxygen atoms in total. The highest BCUT2D eigenvalue weighted by molar-refractivity contribution is 5.87.